The number of rotatable bonds is 4. The van der Waals surface area contributed by atoms with E-state index >= 15 is 0 Å². The van der Waals surface area contributed by atoms with Crippen LogP contribution < -0.4 is 11.5 Å². The van der Waals surface area contributed by atoms with Crippen molar-refractivity contribution in [3.05, 3.63) is 28.8 Å². The van der Waals surface area contributed by atoms with Gasteiger partial charge in [0.15, 0.2) is 6.61 Å². The summed E-state index contributed by atoms with van der Waals surface area (Å²) in [6.07, 6.45) is 1.06. The van der Waals surface area contributed by atoms with Gasteiger partial charge in [0.25, 0.3) is 5.91 Å². The quantitative estimate of drug-likeness (QED) is 0.622. The van der Waals surface area contributed by atoms with Crippen LogP contribution in [0.3, 0.4) is 0 Å². The average molecular weight is 340 g/mol. The van der Waals surface area contributed by atoms with E-state index in [1.165, 1.54) is 18.2 Å². The van der Waals surface area contributed by atoms with Crippen LogP contribution in [0.2, 0.25) is 5.02 Å². The Morgan fingerprint density at radius 2 is 1.91 bits per heavy atom. The third kappa shape index (κ3) is 4.35. The van der Waals surface area contributed by atoms with Gasteiger partial charge in [-0.1, -0.05) is 11.6 Å². The van der Waals surface area contributed by atoms with Crippen molar-refractivity contribution in [2.24, 2.45) is 11.7 Å². The zero-order valence-corrected chi connectivity index (χ0v) is 13.2. The fraction of sp³-hybridized carbons (Fsp3) is 0.400. The lowest BCUT2D eigenvalue weighted by Gasteiger charge is -2.30. The van der Waals surface area contributed by atoms with E-state index in [1.807, 2.05) is 0 Å². The van der Waals surface area contributed by atoms with Gasteiger partial charge >= 0.3 is 5.97 Å². The van der Waals surface area contributed by atoms with Crippen molar-refractivity contribution in [1.29, 1.82) is 0 Å². The summed E-state index contributed by atoms with van der Waals surface area (Å²) in [6.45, 7) is 0.498. The summed E-state index contributed by atoms with van der Waals surface area (Å²) >= 11 is 5.78. The molecule has 8 heteroatoms. The molecule has 1 aliphatic rings. The number of carbonyl (C=O) groups excluding carboxylic acids is 3. The van der Waals surface area contributed by atoms with Gasteiger partial charge in [-0.2, -0.15) is 0 Å². The van der Waals surface area contributed by atoms with E-state index < -0.39 is 5.97 Å². The zero-order valence-electron chi connectivity index (χ0n) is 12.5. The average Bonchev–Trinajstić information content (AvgIpc) is 2.54. The van der Waals surface area contributed by atoms with E-state index in [4.69, 9.17) is 27.8 Å². The molecule has 23 heavy (non-hydrogen) atoms. The Morgan fingerprint density at radius 1 is 1.26 bits per heavy atom. The Kier molecular flexibility index (Phi) is 5.44. The number of anilines is 1. The second-order valence-electron chi connectivity index (χ2n) is 5.37. The molecule has 1 aliphatic heterocycles. The summed E-state index contributed by atoms with van der Waals surface area (Å²) in [5.41, 5.74) is 11.4. The molecule has 0 aliphatic carbocycles. The molecule has 0 bridgehead atoms. The topological polar surface area (TPSA) is 116 Å². The monoisotopic (exact) mass is 339 g/mol. The van der Waals surface area contributed by atoms with Gasteiger partial charge in [0.2, 0.25) is 5.91 Å². The van der Waals surface area contributed by atoms with Crippen molar-refractivity contribution in [2.45, 2.75) is 12.8 Å². The molecule has 0 aromatic heterocycles. The first-order chi connectivity index (χ1) is 10.9. The van der Waals surface area contributed by atoms with E-state index in [0.717, 1.165) is 0 Å². The number of esters is 1. The number of amides is 2. The number of nitrogens with two attached hydrogens (primary N) is 2. The number of carbonyl (C=O) groups is 3. The molecule has 0 unspecified atom stereocenters. The molecule has 1 aromatic carbocycles. The number of hydrogen-bond acceptors (Lipinski definition) is 5. The summed E-state index contributed by atoms with van der Waals surface area (Å²) in [5.74, 6) is -1.49. The summed E-state index contributed by atoms with van der Waals surface area (Å²) in [7, 11) is 0. The fourth-order valence-corrected chi connectivity index (χ4v) is 2.50. The molecule has 1 saturated heterocycles. The molecule has 1 heterocycles. The van der Waals surface area contributed by atoms with Gasteiger partial charge in [-0.3, -0.25) is 9.59 Å². The highest BCUT2D eigenvalue weighted by Gasteiger charge is 2.26. The minimum Gasteiger partial charge on any atom is -0.452 e. The Balaban J connectivity index is 1.83. The Morgan fingerprint density at radius 3 is 2.48 bits per heavy atom. The first kappa shape index (κ1) is 17.1. The number of benzene rings is 1. The number of piperidine rings is 1. The summed E-state index contributed by atoms with van der Waals surface area (Å²) in [6, 6.07) is 4.36. The standard InChI is InChI=1S/C15H18ClN3O4/c16-11-2-1-10(7-12(11)17)15(22)23-8-13(20)19-5-3-9(4-6-19)14(18)21/h1-2,7,9H,3-6,8,17H2,(H2,18,21). The first-order valence-electron chi connectivity index (χ1n) is 7.17. The second-order valence-corrected chi connectivity index (χ2v) is 5.78. The number of primary amides is 1. The van der Waals surface area contributed by atoms with E-state index in [-0.39, 0.29) is 35.6 Å². The molecular formula is C15H18ClN3O4. The van der Waals surface area contributed by atoms with Gasteiger partial charge in [-0.15, -0.1) is 0 Å². The van der Waals surface area contributed by atoms with Crippen LogP contribution in [0.5, 0.6) is 0 Å². The van der Waals surface area contributed by atoms with Crippen LogP contribution in [0.1, 0.15) is 23.2 Å². The van der Waals surface area contributed by atoms with Gasteiger partial charge in [0, 0.05) is 19.0 Å². The molecular weight excluding hydrogens is 322 g/mol. The molecule has 0 radical (unpaired) electrons. The predicted molar refractivity (Wildman–Crippen MR) is 84.6 cm³/mol. The van der Waals surface area contributed by atoms with Crippen molar-refractivity contribution in [1.82, 2.24) is 4.90 Å². The highest BCUT2D eigenvalue weighted by molar-refractivity contribution is 6.33. The maximum Gasteiger partial charge on any atom is 0.338 e. The molecule has 2 amide bonds. The van der Waals surface area contributed by atoms with Crippen LogP contribution in [0, 0.1) is 5.92 Å². The third-order valence-electron chi connectivity index (χ3n) is 3.81. The summed E-state index contributed by atoms with van der Waals surface area (Å²) < 4.78 is 4.99. The van der Waals surface area contributed by atoms with Crippen molar-refractivity contribution in [3.8, 4) is 0 Å². The molecule has 0 atom stereocenters. The van der Waals surface area contributed by atoms with Gasteiger partial charge in [0.05, 0.1) is 16.3 Å². The maximum atomic E-state index is 12.0. The molecule has 0 saturated carbocycles. The molecule has 4 N–H and O–H groups in total. The number of nitrogen functional groups attached to an aromatic ring is 1. The van der Waals surface area contributed by atoms with Crippen LogP contribution in [0.25, 0.3) is 0 Å². The molecule has 1 fully saturated rings. The number of likely N-dealkylation sites (tertiary alicyclic amines) is 1. The SMILES string of the molecule is NC(=O)C1CCN(C(=O)COC(=O)c2ccc(Cl)c(N)c2)CC1. The van der Waals surface area contributed by atoms with E-state index in [9.17, 15) is 14.4 Å². The van der Waals surface area contributed by atoms with Crippen molar-refractivity contribution in [2.75, 3.05) is 25.4 Å². The molecule has 2 rings (SSSR count). The number of halogens is 1. The van der Waals surface area contributed by atoms with Gasteiger partial charge < -0.3 is 21.1 Å². The van der Waals surface area contributed by atoms with Gasteiger partial charge in [-0.25, -0.2) is 4.79 Å². The van der Waals surface area contributed by atoms with Crippen LogP contribution >= 0.6 is 11.6 Å². The highest BCUT2D eigenvalue weighted by atomic mass is 35.5. The number of hydrogen-bond donors (Lipinski definition) is 2. The van der Waals surface area contributed by atoms with Crippen molar-refractivity contribution >= 4 is 35.1 Å². The third-order valence-corrected chi connectivity index (χ3v) is 4.15. The van der Waals surface area contributed by atoms with Crippen molar-refractivity contribution in [3.63, 3.8) is 0 Å². The van der Waals surface area contributed by atoms with Crippen LogP contribution in [0.15, 0.2) is 18.2 Å². The van der Waals surface area contributed by atoms with Crippen LogP contribution in [0.4, 0.5) is 5.69 Å². The van der Waals surface area contributed by atoms with Gasteiger partial charge in [0.1, 0.15) is 0 Å². The molecule has 7 nitrogen and oxygen atoms in total. The van der Waals surface area contributed by atoms with Crippen molar-refractivity contribution < 1.29 is 19.1 Å². The molecule has 0 spiro atoms. The van der Waals surface area contributed by atoms with Gasteiger partial charge in [-0.05, 0) is 31.0 Å². The minimum atomic E-state index is -0.645. The zero-order chi connectivity index (χ0) is 17.0. The summed E-state index contributed by atoms with van der Waals surface area (Å²) in [4.78, 5) is 36.5. The fourth-order valence-electron chi connectivity index (χ4n) is 2.39. The molecule has 124 valence electrons. The van der Waals surface area contributed by atoms with E-state index in [0.29, 0.717) is 31.0 Å². The molecule has 1 aromatic rings. The smallest absolute Gasteiger partial charge is 0.338 e. The summed E-state index contributed by atoms with van der Waals surface area (Å²) in [5, 5.41) is 0.343. The second kappa shape index (κ2) is 7.32. The Bertz CT molecular complexity index is 627. The minimum absolute atomic E-state index is 0.196. The van der Waals surface area contributed by atoms with E-state index in [2.05, 4.69) is 0 Å². The predicted octanol–water partition coefficient (Wildman–Crippen LogP) is 0.803. The lowest BCUT2D eigenvalue weighted by Crippen LogP contribution is -2.43. The van der Waals surface area contributed by atoms with Crippen LogP contribution in [-0.4, -0.2) is 42.4 Å². The first-order valence-corrected chi connectivity index (χ1v) is 7.55. The largest absolute Gasteiger partial charge is 0.452 e. The number of ether oxygens (including phenoxy) is 1. The highest BCUT2D eigenvalue weighted by Crippen LogP contribution is 2.20. The normalized spacial score (nSPS) is 15.3. The lowest BCUT2D eigenvalue weighted by atomic mass is 9.96. The Labute approximate surface area is 138 Å². The lowest BCUT2D eigenvalue weighted by molar-refractivity contribution is -0.137. The van der Waals surface area contributed by atoms with Crippen LogP contribution in [-0.2, 0) is 14.3 Å². The van der Waals surface area contributed by atoms with E-state index in [1.54, 1.807) is 4.90 Å². The number of nitrogens with zero attached hydrogens (tertiary/aromatic N) is 1. The maximum absolute atomic E-state index is 12.0. The Hall–Kier alpha value is -2.28.